The summed E-state index contributed by atoms with van der Waals surface area (Å²) in [5, 5.41) is 0. The van der Waals surface area contributed by atoms with Crippen molar-refractivity contribution < 1.29 is 9.47 Å². The average Bonchev–Trinajstić information content (AvgIpc) is 3.47. The highest BCUT2D eigenvalue weighted by molar-refractivity contribution is 5.78. The smallest absolute Gasteiger partial charge is 0.219 e. The minimum absolute atomic E-state index is 0.506. The molecule has 3 rings (SSSR count). The summed E-state index contributed by atoms with van der Waals surface area (Å²) in [6, 6.07) is 11.9. The van der Waals surface area contributed by atoms with Gasteiger partial charge in [0.2, 0.25) is 5.88 Å². The molecule has 1 aliphatic rings. The van der Waals surface area contributed by atoms with E-state index in [1.807, 2.05) is 55.3 Å². The standard InChI is InChI=1S/C19H24N4O2/c1-3-24-16-6-4-5-7-17(16)25-18-11-8-14(12-21-18)13-22-19(20)23(2)15-9-10-15/h4-8,11-12,15H,3,9-10,13H2,1-2H3,(H2,20,22). The van der Waals surface area contributed by atoms with Gasteiger partial charge in [-0.2, -0.15) is 0 Å². The molecule has 1 aromatic heterocycles. The van der Waals surface area contributed by atoms with Crippen molar-refractivity contribution in [1.82, 2.24) is 9.88 Å². The van der Waals surface area contributed by atoms with E-state index >= 15 is 0 Å². The van der Waals surface area contributed by atoms with Crippen LogP contribution in [0.15, 0.2) is 47.6 Å². The molecule has 132 valence electrons. The lowest BCUT2D eigenvalue weighted by molar-refractivity contribution is 0.319. The van der Waals surface area contributed by atoms with Crippen LogP contribution in [0.5, 0.6) is 17.4 Å². The van der Waals surface area contributed by atoms with Crippen LogP contribution in [-0.2, 0) is 6.54 Å². The van der Waals surface area contributed by atoms with Crippen LogP contribution < -0.4 is 15.2 Å². The molecule has 1 heterocycles. The summed E-state index contributed by atoms with van der Waals surface area (Å²) in [4.78, 5) is 10.8. The Morgan fingerprint density at radius 2 is 2.00 bits per heavy atom. The Balaban J connectivity index is 1.61. The number of aliphatic imine (C=N–C) groups is 1. The Kier molecular flexibility index (Phi) is 5.38. The second kappa shape index (κ2) is 7.88. The summed E-state index contributed by atoms with van der Waals surface area (Å²) in [5.74, 6) is 2.45. The zero-order valence-electron chi connectivity index (χ0n) is 14.7. The summed E-state index contributed by atoms with van der Waals surface area (Å²) >= 11 is 0. The summed E-state index contributed by atoms with van der Waals surface area (Å²) < 4.78 is 11.4. The maximum atomic E-state index is 6.00. The molecule has 25 heavy (non-hydrogen) atoms. The Bertz CT molecular complexity index is 726. The van der Waals surface area contributed by atoms with Gasteiger partial charge in [0.05, 0.1) is 13.2 Å². The van der Waals surface area contributed by atoms with Gasteiger partial charge < -0.3 is 20.1 Å². The fourth-order valence-corrected chi connectivity index (χ4v) is 2.42. The van der Waals surface area contributed by atoms with Gasteiger partial charge in [-0.1, -0.05) is 18.2 Å². The van der Waals surface area contributed by atoms with E-state index in [1.165, 1.54) is 12.8 Å². The number of benzene rings is 1. The minimum atomic E-state index is 0.506. The van der Waals surface area contributed by atoms with E-state index in [9.17, 15) is 0 Å². The predicted molar refractivity (Wildman–Crippen MR) is 98.0 cm³/mol. The van der Waals surface area contributed by atoms with Crippen LogP contribution in [-0.4, -0.2) is 35.5 Å². The molecule has 0 spiro atoms. The Hall–Kier alpha value is -2.76. The molecular weight excluding hydrogens is 316 g/mol. The molecule has 1 fully saturated rings. The van der Waals surface area contributed by atoms with Gasteiger partial charge in [0.1, 0.15) is 0 Å². The lowest BCUT2D eigenvalue weighted by Crippen LogP contribution is -2.35. The normalized spacial score (nSPS) is 14.2. The van der Waals surface area contributed by atoms with Crippen LogP contribution in [0.3, 0.4) is 0 Å². The summed E-state index contributed by atoms with van der Waals surface area (Å²) in [6.07, 6.45) is 4.15. The van der Waals surface area contributed by atoms with Crippen molar-refractivity contribution in [3.63, 3.8) is 0 Å². The third-order valence-electron chi connectivity index (χ3n) is 4.04. The average molecular weight is 340 g/mol. The van der Waals surface area contributed by atoms with E-state index in [4.69, 9.17) is 15.2 Å². The Morgan fingerprint density at radius 3 is 2.64 bits per heavy atom. The molecule has 2 aromatic rings. The number of aromatic nitrogens is 1. The fraction of sp³-hybridized carbons (Fsp3) is 0.368. The van der Waals surface area contributed by atoms with Crippen molar-refractivity contribution in [2.75, 3.05) is 13.7 Å². The first-order chi connectivity index (χ1) is 12.2. The van der Waals surface area contributed by atoms with E-state index in [2.05, 4.69) is 9.98 Å². The molecule has 0 unspecified atom stereocenters. The van der Waals surface area contributed by atoms with Crippen LogP contribution in [0.25, 0.3) is 0 Å². The van der Waals surface area contributed by atoms with Crippen LogP contribution in [0.1, 0.15) is 25.3 Å². The lowest BCUT2D eigenvalue weighted by Gasteiger charge is -2.16. The van der Waals surface area contributed by atoms with Gasteiger partial charge in [-0.3, -0.25) is 0 Å². The molecule has 0 saturated heterocycles. The first-order valence-corrected chi connectivity index (χ1v) is 8.54. The monoisotopic (exact) mass is 340 g/mol. The first-order valence-electron chi connectivity index (χ1n) is 8.54. The van der Waals surface area contributed by atoms with Crippen LogP contribution >= 0.6 is 0 Å². The summed E-state index contributed by atoms with van der Waals surface area (Å²) in [5.41, 5.74) is 6.98. The highest BCUT2D eigenvalue weighted by Crippen LogP contribution is 2.30. The number of hydrogen-bond acceptors (Lipinski definition) is 4. The zero-order valence-corrected chi connectivity index (χ0v) is 14.7. The largest absolute Gasteiger partial charge is 0.490 e. The van der Waals surface area contributed by atoms with Gasteiger partial charge in [-0.15, -0.1) is 0 Å². The number of pyridine rings is 1. The van der Waals surface area contributed by atoms with Crippen LogP contribution in [0, 0.1) is 0 Å². The number of hydrogen-bond donors (Lipinski definition) is 1. The number of guanidine groups is 1. The fourth-order valence-electron chi connectivity index (χ4n) is 2.42. The van der Waals surface area contributed by atoms with Crippen LogP contribution in [0.4, 0.5) is 0 Å². The quantitative estimate of drug-likeness (QED) is 0.619. The molecule has 1 aliphatic carbocycles. The molecule has 0 atom stereocenters. The van der Waals surface area contributed by atoms with Gasteiger partial charge in [-0.05, 0) is 37.5 Å². The molecule has 0 radical (unpaired) electrons. The third kappa shape index (κ3) is 4.62. The van der Waals surface area contributed by atoms with E-state index in [-0.39, 0.29) is 0 Å². The molecule has 0 amide bonds. The van der Waals surface area contributed by atoms with Crippen molar-refractivity contribution in [3.05, 3.63) is 48.2 Å². The molecule has 0 bridgehead atoms. The van der Waals surface area contributed by atoms with Crippen LogP contribution in [0.2, 0.25) is 0 Å². The first kappa shape index (κ1) is 17.1. The third-order valence-corrected chi connectivity index (χ3v) is 4.04. The van der Waals surface area contributed by atoms with Gasteiger partial charge in [-0.25, -0.2) is 9.98 Å². The second-order valence-electron chi connectivity index (χ2n) is 6.00. The van der Waals surface area contributed by atoms with Gasteiger partial charge in [0.15, 0.2) is 17.5 Å². The second-order valence-corrected chi connectivity index (χ2v) is 6.00. The topological polar surface area (TPSA) is 73.0 Å². The van der Waals surface area contributed by atoms with Crippen molar-refractivity contribution in [1.29, 1.82) is 0 Å². The molecule has 1 aromatic carbocycles. The van der Waals surface area contributed by atoms with Gasteiger partial charge in [0.25, 0.3) is 0 Å². The molecule has 0 aliphatic heterocycles. The summed E-state index contributed by atoms with van der Waals surface area (Å²) in [6.45, 7) is 3.03. The molecule has 6 nitrogen and oxygen atoms in total. The maximum absolute atomic E-state index is 6.00. The van der Waals surface area contributed by atoms with E-state index < -0.39 is 0 Å². The van der Waals surface area contributed by atoms with E-state index in [0.717, 1.165) is 5.56 Å². The molecule has 6 heteroatoms. The van der Waals surface area contributed by atoms with Crippen molar-refractivity contribution in [2.45, 2.75) is 32.4 Å². The predicted octanol–water partition coefficient (Wildman–Crippen LogP) is 3.18. The summed E-state index contributed by atoms with van der Waals surface area (Å²) in [7, 11) is 1.99. The highest BCUT2D eigenvalue weighted by atomic mass is 16.5. The van der Waals surface area contributed by atoms with E-state index in [0.29, 0.717) is 42.5 Å². The van der Waals surface area contributed by atoms with Gasteiger partial charge >= 0.3 is 0 Å². The van der Waals surface area contributed by atoms with Crippen molar-refractivity contribution in [2.24, 2.45) is 10.7 Å². The number of para-hydroxylation sites is 2. The number of nitrogens with two attached hydrogens (primary N) is 1. The Morgan fingerprint density at radius 1 is 1.24 bits per heavy atom. The Labute approximate surface area is 148 Å². The highest BCUT2D eigenvalue weighted by Gasteiger charge is 2.27. The minimum Gasteiger partial charge on any atom is -0.490 e. The molecule has 1 saturated carbocycles. The van der Waals surface area contributed by atoms with Gasteiger partial charge in [0, 0.05) is 25.4 Å². The molecular formula is C19H24N4O2. The maximum Gasteiger partial charge on any atom is 0.219 e. The molecule has 2 N–H and O–H groups in total. The van der Waals surface area contributed by atoms with Crippen molar-refractivity contribution in [3.8, 4) is 17.4 Å². The number of nitrogens with zero attached hydrogens (tertiary/aromatic N) is 3. The number of rotatable bonds is 7. The SMILES string of the molecule is CCOc1ccccc1Oc1ccc(CN=C(N)N(C)C2CC2)cn1. The zero-order chi connectivity index (χ0) is 17.6. The van der Waals surface area contributed by atoms with Crippen molar-refractivity contribution >= 4 is 5.96 Å². The number of ether oxygens (including phenoxy) is 2. The van der Waals surface area contributed by atoms with E-state index in [1.54, 1.807) is 6.20 Å². The lowest BCUT2D eigenvalue weighted by atomic mass is 10.3.